The van der Waals surface area contributed by atoms with Crippen molar-refractivity contribution in [1.29, 1.82) is 0 Å². The molecule has 1 heterocycles. The van der Waals surface area contributed by atoms with Crippen molar-refractivity contribution in [3.05, 3.63) is 112 Å². The minimum absolute atomic E-state index is 0.0213. The second kappa shape index (κ2) is 12.2. The predicted octanol–water partition coefficient (Wildman–Crippen LogP) is 4.07. The molecule has 10 heteroatoms. The summed E-state index contributed by atoms with van der Waals surface area (Å²) in [4.78, 5) is 13.1. The number of aliphatic hydroxyl groups is 2. The van der Waals surface area contributed by atoms with Gasteiger partial charge < -0.3 is 15.5 Å². The SMILES string of the molecule is O=C(Cc1cccc2ccccc12)Nc1ccccc1CN1C[C@H](O)[C@@H](O)CN(Cc2ccccc2Br)S1(=O)=O. The summed E-state index contributed by atoms with van der Waals surface area (Å²) in [5.41, 5.74) is 2.68. The van der Waals surface area contributed by atoms with E-state index >= 15 is 0 Å². The molecule has 0 aromatic heterocycles. The summed E-state index contributed by atoms with van der Waals surface area (Å²) < 4.78 is 30.6. The van der Waals surface area contributed by atoms with Gasteiger partial charge in [0.15, 0.2) is 0 Å². The Kier molecular flexibility index (Phi) is 8.65. The lowest BCUT2D eigenvalue weighted by molar-refractivity contribution is -0.115. The fourth-order valence-electron chi connectivity index (χ4n) is 4.91. The van der Waals surface area contributed by atoms with Crippen molar-refractivity contribution in [1.82, 2.24) is 8.61 Å². The number of halogens is 1. The van der Waals surface area contributed by atoms with E-state index < -0.39 is 22.4 Å². The molecule has 4 aromatic carbocycles. The molecule has 0 aliphatic carbocycles. The molecular weight excluding hydrogens is 594 g/mol. The first kappa shape index (κ1) is 28.4. The van der Waals surface area contributed by atoms with Crippen LogP contribution in [0.5, 0.6) is 0 Å². The Morgan fingerprint density at radius 2 is 1.32 bits per heavy atom. The van der Waals surface area contributed by atoms with E-state index in [2.05, 4.69) is 21.2 Å². The quantitative estimate of drug-likeness (QED) is 0.287. The van der Waals surface area contributed by atoms with Crippen molar-refractivity contribution in [3.8, 4) is 0 Å². The lowest BCUT2D eigenvalue weighted by Crippen LogP contribution is -2.42. The average Bonchev–Trinajstić information content (AvgIpc) is 3.01. The van der Waals surface area contributed by atoms with Crippen molar-refractivity contribution < 1.29 is 23.4 Å². The second-order valence-electron chi connectivity index (χ2n) is 9.84. The van der Waals surface area contributed by atoms with E-state index in [0.717, 1.165) is 30.7 Å². The maximum Gasteiger partial charge on any atom is 0.282 e. The van der Waals surface area contributed by atoms with E-state index in [1.165, 1.54) is 4.31 Å². The van der Waals surface area contributed by atoms with Gasteiger partial charge in [-0.1, -0.05) is 94.8 Å². The zero-order valence-corrected chi connectivity index (χ0v) is 24.1. The molecule has 8 nitrogen and oxygen atoms in total. The molecule has 5 rings (SSSR count). The third kappa shape index (κ3) is 6.27. The third-order valence-electron chi connectivity index (χ3n) is 7.05. The smallest absolute Gasteiger partial charge is 0.282 e. The fraction of sp³-hybridized carbons (Fsp3) is 0.233. The van der Waals surface area contributed by atoms with Crippen LogP contribution >= 0.6 is 15.9 Å². The monoisotopic (exact) mass is 623 g/mol. The van der Waals surface area contributed by atoms with Crippen LogP contribution in [-0.4, -0.2) is 58.4 Å². The summed E-state index contributed by atoms with van der Waals surface area (Å²) in [5, 5.41) is 26.1. The lowest BCUT2D eigenvalue weighted by Gasteiger charge is -2.28. The largest absolute Gasteiger partial charge is 0.389 e. The number of anilines is 1. The van der Waals surface area contributed by atoms with E-state index in [1.54, 1.807) is 30.3 Å². The Morgan fingerprint density at radius 1 is 0.775 bits per heavy atom. The van der Waals surface area contributed by atoms with Crippen molar-refractivity contribution >= 4 is 48.5 Å². The molecule has 0 bridgehead atoms. The minimum atomic E-state index is -4.08. The summed E-state index contributed by atoms with van der Waals surface area (Å²) >= 11 is 3.46. The number of carbonyl (C=O) groups excluding carboxylic acids is 1. The average molecular weight is 625 g/mol. The van der Waals surface area contributed by atoms with Gasteiger partial charge in [0.2, 0.25) is 5.91 Å². The molecule has 0 unspecified atom stereocenters. The Bertz CT molecular complexity index is 1630. The summed E-state index contributed by atoms with van der Waals surface area (Å²) in [6.45, 7) is -0.601. The van der Waals surface area contributed by atoms with Gasteiger partial charge in [-0.05, 0) is 39.6 Å². The molecule has 1 amide bonds. The standard InChI is InChI=1S/C30H30BrN3O5S/c31-26-14-5-2-9-23(26)17-33-19-28(35)29(36)20-34(40(33,38)39)18-24-10-3-6-15-27(24)32-30(37)16-22-12-7-11-21-8-1-4-13-25(21)22/h1-15,28-29,35-36H,16-20H2,(H,32,37)/t28-,29-/m0/s1. The Balaban J connectivity index is 1.38. The van der Waals surface area contributed by atoms with Crippen molar-refractivity contribution in [2.75, 3.05) is 18.4 Å². The van der Waals surface area contributed by atoms with Gasteiger partial charge in [-0.15, -0.1) is 0 Å². The number of β-amino-alcohol motifs (C(OH)–C–C–N with tert-alkyl or cyclic N) is 2. The molecule has 1 aliphatic rings. The van der Waals surface area contributed by atoms with Crippen LogP contribution in [0.2, 0.25) is 0 Å². The third-order valence-corrected chi connectivity index (χ3v) is 9.69. The Labute approximate surface area is 242 Å². The van der Waals surface area contributed by atoms with E-state index in [-0.39, 0.29) is 38.5 Å². The molecule has 1 aliphatic heterocycles. The Hall–Kier alpha value is -3.12. The highest BCUT2D eigenvalue weighted by Crippen LogP contribution is 2.27. The number of rotatable bonds is 7. The van der Waals surface area contributed by atoms with Crippen molar-refractivity contribution in [3.63, 3.8) is 0 Å². The Morgan fingerprint density at radius 3 is 2.05 bits per heavy atom. The van der Waals surface area contributed by atoms with Crippen LogP contribution in [0.25, 0.3) is 10.8 Å². The first-order chi connectivity index (χ1) is 19.2. The number of benzene rings is 4. The maximum absolute atomic E-state index is 13.8. The molecule has 0 saturated carbocycles. The number of fused-ring (bicyclic) bond motifs is 1. The number of hydrogen-bond donors (Lipinski definition) is 3. The van der Waals surface area contributed by atoms with Crippen molar-refractivity contribution in [2.45, 2.75) is 31.7 Å². The zero-order valence-electron chi connectivity index (χ0n) is 21.7. The number of carbonyl (C=O) groups is 1. The number of nitrogens with one attached hydrogen (secondary N) is 1. The number of amides is 1. The van der Waals surface area contributed by atoms with Crippen LogP contribution in [0, 0.1) is 0 Å². The molecule has 2 atom stereocenters. The maximum atomic E-state index is 13.8. The van der Waals surface area contributed by atoms with Gasteiger partial charge in [-0.3, -0.25) is 4.79 Å². The van der Waals surface area contributed by atoms with Gasteiger partial charge in [0.05, 0.1) is 18.6 Å². The highest BCUT2D eigenvalue weighted by molar-refractivity contribution is 9.10. The van der Waals surface area contributed by atoms with Crippen molar-refractivity contribution in [2.24, 2.45) is 0 Å². The van der Waals surface area contributed by atoms with Crippen LogP contribution in [0.4, 0.5) is 5.69 Å². The van der Waals surface area contributed by atoms with Crippen LogP contribution in [0.15, 0.2) is 95.5 Å². The first-order valence-electron chi connectivity index (χ1n) is 12.9. The van der Waals surface area contributed by atoms with E-state index in [9.17, 15) is 23.4 Å². The molecule has 0 spiro atoms. The normalized spacial score (nSPS) is 19.8. The number of nitrogens with zero attached hydrogens (tertiary/aromatic N) is 2. The molecule has 40 heavy (non-hydrogen) atoms. The molecule has 4 aromatic rings. The van der Waals surface area contributed by atoms with Crippen LogP contribution < -0.4 is 5.32 Å². The summed E-state index contributed by atoms with van der Waals surface area (Å²) in [7, 11) is -4.08. The second-order valence-corrected chi connectivity index (χ2v) is 12.6. The first-order valence-corrected chi connectivity index (χ1v) is 15.1. The summed E-state index contributed by atoms with van der Waals surface area (Å²) in [5.74, 6) is -0.228. The molecular formula is C30H30BrN3O5S. The fourth-order valence-corrected chi connectivity index (χ4v) is 6.93. The summed E-state index contributed by atoms with van der Waals surface area (Å²) in [6, 6.07) is 28.0. The van der Waals surface area contributed by atoms with Gasteiger partial charge in [0.1, 0.15) is 0 Å². The van der Waals surface area contributed by atoms with E-state index in [4.69, 9.17) is 0 Å². The molecule has 208 valence electrons. The van der Waals surface area contributed by atoms with Crippen LogP contribution in [0.1, 0.15) is 16.7 Å². The summed E-state index contributed by atoms with van der Waals surface area (Å²) in [6.07, 6.45) is -2.37. The predicted molar refractivity (Wildman–Crippen MR) is 159 cm³/mol. The zero-order chi connectivity index (χ0) is 28.3. The van der Waals surface area contributed by atoms with Gasteiger partial charge in [0, 0.05) is 36.3 Å². The van der Waals surface area contributed by atoms with E-state index in [1.807, 2.05) is 60.7 Å². The van der Waals surface area contributed by atoms with Gasteiger partial charge in [-0.25, -0.2) is 0 Å². The van der Waals surface area contributed by atoms with Crippen LogP contribution in [-0.2, 0) is 34.5 Å². The number of aliphatic hydroxyl groups excluding tert-OH is 2. The molecule has 1 saturated heterocycles. The van der Waals surface area contributed by atoms with Crippen LogP contribution in [0.3, 0.4) is 0 Å². The number of hydrogen-bond acceptors (Lipinski definition) is 5. The molecule has 0 radical (unpaired) electrons. The topological polar surface area (TPSA) is 110 Å². The minimum Gasteiger partial charge on any atom is -0.389 e. The van der Waals surface area contributed by atoms with E-state index in [0.29, 0.717) is 11.3 Å². The molecule has 3 N–H and O–H groups in total. The van der Waals surface area contributed by atoms with Gasteiger partial charge in [0.25, 0.3) is 10.2 Å². The van der Waals surface area contributed by atoms with Gasteiger partial charge >= 0.3 is 0 Å². The number of para-hydroxylation sites is 1. The highest BCUT2D eigenvalue weighted by Gasteiger charge is 2.39. The lowest BCUT2D eigenvalue weighted by atomic mass is 10.0. The molecule has 1 fully saturated rings. The van der Waals surface area contributed by atoms with Gasteiger partial charge in [-0.2, -0.15) is 17.0 Å². The highest BCUT2D eigenvalue weighted by atomic mass is 79.9.